The fourth-order valence-electron chi connectivity index (χ4n) is 1.60. The van der Waals surface area contributed by atoms with E-state index < -0.39 is 11.5 Å². The van der Waals surface area contributed by atoms with Crippen molar-refractivity contribution in [1.82, 2.24) is 5.27 Å². The molecule has 0 unspecified atom stereocenters. The number of carbonyl (C=O) groups is 1. The van der Waals surface area contributed by atoms with Gasteiger partial charge in [-0.1, -0.05) is 10.7 Å². The van der Waals surface area contributed by atoms with Gasteiger partial charge >= 0.3 is 17.2 Å². The number of hydrogen-bond donors (Lipinski definition) is 2. The maximum absolute atomic E-state index is 11.9. The average Bonchev–Trinajstić information content (AvgIpc) is 2.64. The Balaban J connectivity index is 2.27. The molecule has 18 heavy (non-hydrogen) atoms. The first-order valence-corrected chi connectivity index (χ1v) is 5.45. The first-order valence-electron chi connectivity index (χ1n) is 5.45. The second-order valence-corrected chi connectivity index (χ2v) is 4.14. The predicted octanol–water partition coefficient (Wildman–Crippen LogP) is 0.662. The summed E-state index contributed by atoms with van der Waals surface area (Å²) in [7, 11) is 1.53. The van der Waals surface area contributed by atoms with E-state index in [1.807, 2.05) is 26.0 Å². The molecular formula is C12H14N3O3+. The van der Waals surface area contributed by atoms with Gasteiger partial charge in [-0.3, -0.25) is 9.32 Å². The summed E-state index contributed by atoms with van der Waals surface area (Å²) in [6.45, 7) is 3.94. The molecule has 0 saturated carbocycles. The highest BCUT2D eigenvalue weighted by molar-refractivity contribution is 6.01. The van der Waals surface area contributed by atoms with Crippen LogP contribution < -0.4 is 15.6 Å². The normalized spacial score (nSPS) is 10.4. The number of nitrogens with zero attached hydrogens (tertiary/aromatic N) is 1. The molecule has 0 aliphatic rings. The van der Waals surface area contributed by atoms with E-state index in [0.29, 0.717) is 5.69 Å². The highest BCUT2D eigenvalue weighted by Crippen LogP contribution is 2.14. The number of amides is 1. The summed E-state index contributed by atoms with van der Waals surface area (Å²) in [5.74, 6) is -0.504. The van der Waals surface area contributed by atoms with E-state index in [1.54, 1.807) is 6.07 Å². The van der Waals surface area contributed by atoms with Crippen molar-refractivity contribution in [2.75, 3.05) is 5.32 Å². The minimum Gasteiger partial charge on any atom is -0.316 e. The maximum Gasteiger partial charge on any atom is 0.440 e. The molecule has 1 heterocycles. The van der Waals surface area contributed by atoms with Crippen LogP contribution in [0.4, 0.5) is 5.69 Å². The first-order chi connectivity index (χ1) is 8.49. The first kappa shape index (κ1) is 12.1. The highest BCUT2D eigenvalue weighted by Gasteiger charge is 2.26. The number of aromatic amines is 1. The second kappa shape index (κ2) is 4.48. The molecule has 0 radical (unpaired) electrons. The molecule has 94 valence electrons. The molecule has 0 aliphatic carbocycles. The summed E-state index contributed by atoms with van der Waals surface area (Å²) in [5, 5.41) is 4.95. The number of hydrogen-bond acceptors (Lipinski definition) is 3. The summed E-state index contributed by atoms with van der Waals surface area (Å²) >= 11 is 0. The lowest BCUT2D eigenvalue weighted by atomic mass is 10.1. The molecule has 0 fully saturated rings. The summed E-state index contributed by atoms with van der Waals surface area (Å²) in [6.07, 6.45) is 0. The number of H-pyrrole nitrogens is 1. The third-order valence-corrected chi connectivity index (χ3v) is 2.78. The topological polar surface area (TPSA) is 79.0 Å². The SMILES string of the molecule is Cc1ccc(NC(=O)c2c(=O)o[nH][n+]2C)cc1C. The monoisotopic (exact) mass is 248 g/mol. The summed E-state index contributed by atoms with van der Waals surface area (Å²) in [6, 6.07) is 5.54. The van der Waals surface area contributed by atoms with Gasteiger partial charge in [-0.2, -0.15) is 0 Å². The van der Waals surface area contributed by atoms with E-state index in [4.69, 9.17) is 0 Å². The lowest BCUT2D eigenvalue weighted by Crippen LogP contribution is -2.41. The Kier molecular flexibility index (Phi) is 3.01. The third-order valence-electron chi connectivity index (χ3n) is 2.78. The van der Waals surface area contributed by atoms with Gasteiger partial charge in [-0.15, -0.1) is 0 Å². The van der Waals surface area contributed by atoms with Gasteiger partial charge in [0, 0.05) is 5.69 Å². The minimum absolute atomic E-state index is 0.0757. The number of rotatable bonds is 2. The molecule has 1 amide bonds. The quantitative estimate of drug-likeness (QED) is 0.766. The third kappa shape index (κ3) is 2.17. The number of aromatic nitrogens is 2. The van der Waals surface area contributed by atoms with Crippen LogP contribution in [0.1, 0.15) is 21.6 Å². The zero-order valence-electron chi connectivity index (χ0n) is 10.4. The molecule has 6 heteroatoms. The molecule has 2 rings (SSSR count). The van der Waals surface area contributed by atoms with Gasteiger partial charge in [0.15, 0.2) is 7.05 Å². The molecule has 0 atom stereocenters. The Morgan fingerprint density at radius 1 is 1.33 bits per heavy atom. The fourth-order valence-corrected chi connectivity index (χ4v) is 1.60. The van der Waals surface area contributed by atoms with Gasteiger partial charge in [-0.05, 0) is 42.4 Å². The Hall–Kier alpha value is -2.37. The zero-order chi connectivity index (χ0) is 13.3. The van der Waals surface area contributed by atoms with Crippen LogP contribution in [0.5, 0.6) is 0 Å². The Labute approximate surface area is 103 Å². The van der Waals surface area contributed by atoms with Crippen LogP contribution in [-0.2, 0) is 7.05 Å². The average molecular weight is 248 g/mol. The number of aryl methyl sites for hydroxylation is 3. The van der Waals surface area contributed by atoms with Crippen LogP contribution in [0.15, 0.2) is 27.5 Å². The molecule has 0 aliphatic heterocycles. The van der Waals surface area contributed by atoms with Crippen LogP contribution in [0.25, 0.3) is 0 Å². The Morgan fingerprint density at radius 3 is 2.61 bits per heavy atom. The second-order valence-electron chi connectivity index (χ2n) is 4.14. The molecule has 2 aromatic rings. The molecule has 1 aromatic heterocycles. The predicted molar refractivity (Wildman–Crippen MR) is 64.4 cm³/mol. The van der Waals surface area contributed by atoms with Crippen molar-refractivity contribution in [2.24, 2.45) is 7.05 Å². The van der Waals surface area contributed by atoms with Crippen molar-refractivity contribution in [3.8, 4) is 0 Å². The van der Waals surface area contributed by atoms with Crippen molar-refractivity contribution in [3.05, 3.63) is 45.4 Å². The fraction of sp³-hybridized carbons (Fsp3) is 0.250. The minimum atomic E-state index is -0.696. The van der Waals surface area contributed by atoms with E-state index in [1.165, 1.54) is 11.7 Å². The Morgan fingerprint density at radius 2 is 2.06 bits per heavy atom. The van der Waals surface area contributed by atoms with Gasteiger partial charge in [0.25, 0.3) is 0 Å². The number of nitrogens with one attached hydrogen (secondary N) is 2. The molecule has 1 aromatic carbocycles. The zero-order valence-corrected chi connectivity index (χ0v) is 10.4. The molecule has 0 spiro atoms. The van der Waals surface area contributed by atoms with Crippen LogP contribution in [0.2, 0.25) is 0 Å². The van der Waals surface area contributed by atoms with Crippen molar-refractivity contribution in [2.45, 2.75) is 13.8 Å². The largest absolute Gasteiger partial charge is 0.440 e. The molecule has 2 N–H and O–H groups in total. The van der Waals surface area contributed by atoms with Gasteiger partial charge < -0.3 is 5.32 Å². The summed E-state index contributed by atoms with van der Waals surface area (Å²) in [4.78, 5) is 23.2. The lowest BCUT2D eigenvalue weighted by molar-refractivity contribution is -0.741. The van der Waals surface area contributed by atoms with Crippen LogP contribution in [0, 0.1) is 13.8 Å². The van der Waals surface area contributed by atoms with Crippen LogP contribution in [-0.4, -0.2) is 11.2 Å². The lowest BCUT2D eigenvalue weighted by Gasteiger charge is -2.04. The number of anilines is 1. The summed E-state index contributed by atoms with van der Waals surface area (Å²) in [5.41, 5.74) is 2.08. The maximum atomic E-state index is 11.9. The molecule has 6 nitrogen and oxygen atoms in total. The van der Waals surface area contributed by atoms with Crippen molar-refractivity contribution < 1.29 is 14.0 Å². The Bertz CT molecular complexity index is 655. The molecule has 0 bridgehead atoms. The highest BCUT2D eigenvalue weighted by atomic mass is 16.5. The van der Waals surface area contributed by atoms with E-state index in [2.05, 4.69) is 15.1 Å². The number of benzene rings is 1. The smallest absolute Gasteiger partial charge is 0.316 e. The number of carbonyl (C=O) groups excluding carboxylic acids is 1. The van der Waals surface area contributed by atoms with E-state index in [-0.39, 0.29) is 5.69 Å². The van der Waals surface area contributed by atoms with Gasteiger partial charge in [-0.25, -0.2) is 4.79 Å². The molecular weight excluding hydrogens is 234 g/mol. The summed E-state index contributed by atoms with van der Waals surface area (Å²) < 4.78 is 5.75. The van der Waals surface area contributed by atoms with Crippen LogP contribution in [0.3, 0.4) is 0 Å². The van der Waals surface area contributed by atoms with E-state index >= 15 is 0 Å². The van der Waals surface area contributed by atoms with Gasteiger partial charge in [0.05, 0.1) is 0 Å². The standard InChI is InChI=1S/C12H13N3O3/c1-7-4-5-9(6-8(7)2)13-11(16)10-12(17)18-14-15(10)3/h4-6H,1-3H3,(H-,13,14,16,17)/p+1. The molecule has 0 saturated heterocycles. The van der Waals surface area contributed by atoms with Crippen LogP contribution >= 0.6 is 0 Å². The van der Waals surface area contributed by atoms with Crippen molar-refractivity contribution >= 4 is 11.6 Å². The van der Waals surface area contributed by atoms with E-state index in [9.17, 15) is 9.59 Å². The van der Waals surface area contributed by atoms with Crippen molar-refractivity contribution in [1.29, 1.82) is 0 Å². The van der Waals surface area contributed by atoms with Gasteiger partial charge in [0.2, 0.25) is 0 Å². The van der Waals surface area contributed by atoms with E-state index in [0.717, 1.165) is 11.1 Å². The van der Waals surface area contributed by atoms with Gasteiger partial charge in [0.1, 0.15) is 0 Å². The van der Waals surface area contributed by atoms with Crippen molar-refractivity contribution in [3.63, 3.8) is 0 Å².